The summed E-state index contributed by atoms with van der Waals surface area (Å²) in [6.45, 7) is 1.27. The first kappa shape index (κ1) is 28.4. The zero-order valence-corrected chi connectivity index (χ0v) is 22.6. The van der Waals surface area contributed by atoms with E-state index in [2.05, 4.69) is 10.6 Å². The van der Waals surface area contributed by atoms with Crippen LogP contribution in [0.4, 0.5) is 11.4 Å². The third-order valence-electron chi connectivity index (χ3n) is 6.51. The zero-order chi connectivity index (χ0) is 29.0. The van der Waals surface area contributed by atoms with Gasteiger partial charge < -0.3 is 40.4 Å². The van der Waals surface area contributed by atoms with Crippen molar-refractivity contribution < 1.29 is 38.4 Å². The Morgan fingerprint density at radius 1 is 1.02 bits per heavy atom. The summed E-state index contributed by atoms with van der Waals surface area (Å²) in [6, 6.07) is 12.4. The van der Waals surface area contributed by atoms with Gasteiger partial charge in [0, 0.05) is 23.0 Å². The highest BCUT2D eigenvalue weighted by molar-refractivity contribution is 6.07. The number of carbonyl (C=O) groups excluding carboxylic acids is 3. The van der Waals surface area contributed by atoms with Gasteiger partial charge in [0.2, 0.25) is 11.7 Å². The second-order valence-corrected chi connectivity index (χ2v) is 9.14. The molecule has 5 N–H and O–H groups in total. The normalized spacial score (nSPS) is 14.8. The predicted molar refractivity (Wildman–Crippen MR) is 148 cm³/mol. The summed E-state index contributed by atoms with van der Waals surface area (Å²) in [5.74, 6) is 0.0640. The van der Waals surface area contributed by atoms with Crippen LogP contribution in [0.1, 0.15) is 44.4 Å². The molecule has 0 saturated carbocycles. The highest BCUT2D eigenvalue weighted by Crippen LogP contribution is 2.49. The SMILES string of the molecule is COc1cc2c(c(OC)c1OC)C(=O)CC(c1cccc(NC(=O)c3cc(NC(=O)[C@@H](N)CO)ccc3C)c1)O2. The summed E-state index contributed by atoms with van der Waals surface area (Å²) in [5.41, 5.74) is 8.41. The molecule has 1 aliphatic heterocycles. The summed E-state index contributed by atoms with van der Waals surface area (Å²) >= 11 is 0. The molecule has 0 aromatic heterocycles. The van der Waals surface area contributed by atoms with Crippen LogP contribution in [0.25, 0.3) is 0 Å². The van der Waals surface area contributed by atoms with Crippen LogP contribution in [0, 0.1) is 6.92 Å². The number of aryl methyl sites for hydroxylation is 1. The molecule has 4 rings (SSSR count). The minimum absolute atomic E-state index is 0.0487. The maximum Gasteiger partial charge on any atom is 0.256 e. The van der Waals surface area contributed by atoms with E-state index in [1.807, 2.05) is 6.07 Å². The van der Waals surface area contributed by atoms with Crippen molar-refractivity contribution >= 4 is 29.0 Å². The molecule has 0 fully saturated rings. The average Bonchev–Trinajstić information content (AvgIpc) is 2.96. The van der Waals surface area contributed by atoms with E-state index in [-0.39, 0.29) is 23.5 Å². The fourth-order valence-corrected chi connectivity index (χ4v) is 4.42. The smallest absolute Gasteiger partial charge is 0.256 e. The van der Waals surface area contributed by atoms with Gasteiger partial charge in [0.1, 0.15) is 23.5 Å². The molecule has 2 amide bonds. The number of methoxy groups -OCH3 is 3. The van der Waals surface area contributed by atoms with Crippen LogP contribution in [0.5, 0.6) is 23.0 Å². The largest absolute Gasteiger partial charge is 0.493 e. The number of fused-ring (bicyclic) bond motifs is 1. The number of benzene rings is 3. The molecule has 210 valence electrons. The number of aliphatic hydroxyl groups excluding tert-OH is 1. The predicted octanol–water partition coefficient (Wildman–Crippen LogP) is 3.24. The average molecular weight is 550 g/mol. The Labute approximate surface area is 231 Å². The fraction of sp³-hybridized carbons (Fsp3) is 0.276. The molecule has 0 spiro atoms. The Kier molecular flexibility index (Phi) is 8.56. The van der Waals surface area contributed by atoms with Gasteiger partial charge in [-0.2, -0.15) is 0 Å². The molecule has 40 heavy (non-hydrogen) atoms. The van der Waals surface area contributed by atoms with Gasteiger partial charge >= 0.3 is 0 Å². The standard InChI is InChI=1S/C29H31N3O8/c1-15-8-9-18(32-29(36)20(30)14-33)11-19(15)28(35)31-17-7-5-6-16(10-17)22-12-21(34)25-23(40-22)13-24(37-2)26(38-3)27(25)39-4/h5-11,13,20,22,33H,12,14,30H2,1-4H3,(H,31,35)(H,32,36)/t20-,22?/m0/s1. The number of nitrogens with one attached hydrogen (secondary N) is 2. The van der Waals surface area contributed by atoms with Crippen molar-refractivity contribution in [2.75, 3.05) is 38.6 Å². The lowest BCUT2D eigenvalue weighted by atomic mass is 9.94. The molecule has 0 bridgehead atoms. The van der Waals surface area contributed by atoms with Gasteiger partial charge in [0.25, 0.3) is 5.91 Å². The third-order valence-corrected chi connectivity index (χ3v) is 6.51. The molecule has 0 radical (unpaired) electrons. The quantitative estimate of drug-likeness (QED) is 0.314. The summed E-state index contributed by atoms with van der Waals surface area (Å²) < 4.78 is 22.4. The van der Waals surface area contributed by atoms with Crippen LogP contribution in [-0.2, 0) is 4.79 Å². The van der Waals surface area contributed by atoms with Crippen molar-refractivity contribution in [3.63, 3.8) is 0 Å². The lowest BCUT2D eigenvalue weighted by Gasteiger charge is -2.28. The highest BCUT2D eigenvalue weighted by atomic mass is 16.5. The summed E-state index contributed by atoms with van der Waals surface area (Å²) in [5, 5.41) is 14.5. The van der Waals surface area contributed by atoms with Crippen molar-refractivity contribution in [2.24, 2.45) is 5.73 Å². The van der Waals surface area contributed by atoms with Gasteiger partial charge in [-0.15, -0.1) is 0 Å². The number of hydrogen-bond acceptors (Lipinski definition) is 9. The number of nitrogens with two attached hydrogens (primary N) is 1. The molecule has 3 aromatic rings. The number of amides is 2. The Hall–Kier alpha value is -4.61. The molecule has 11 nitrogen and oxygen atoms in total. The lowest BCUT2D eigenvalue weighted by Crippen LogP contribution is -2.38. The fourth-order valence-electron chi connectivity index (χ4n) is 4.42. The van der Waals surface area contributed by atoms with E-state index in [9.17, 15) is 14.4 Å². The van der Waals surface area contributed by atoms with Crippen molar-refractivity contribution in [1.82, 2.24) is 0 Å². The molecular formula is C29H31N3O8. The van der Waals surface area contributed by atoms with Crippen molar-refractivity contribution in [1.29, 1.82) is 0 Å². The van der Waals surface area contributed by atoms with E-state index < -0.39 is 30.6 Å². The van der Waals surface area contributed by atoms with Crippen LogP contribution in [-0.4, -0.2) is 56.7 Å². The van der Waals surface area contributed by atoms with E-state index in [0.717, 1.165) is 0 Å². The Balaban J connectivity index is 1.56. The molecular weight excluding hydrogens is 518 g/mol. The number of hydrogen-bond donors (Lipinski definition) is 4. The van der Waals surface area contributed by atoms with Gasteiger partial charge in [-0.05, 0) is 42.3 Å². The minimum atomic E-state index is -1.08. The van der Waals surface area contributed by atoms with Crippen LogP contribution in [0.2, 0.25) is 0 Å². The molecule has 1 unspecified atom stereocenters. The van der Waals surface area contributed by atoms with Crippen molar-refractivity contribution in [3.8, 4) is 23.0 Å². The highest BCUT2D eigenvalue weighted by Gasteiger charge is 2.34. The zero-order valence-electron chi connectivity index (χ0n) is 22.6. The number of ketones is 1. The van der Waals surface area contributed by atoms with E-state index in [1.165, 1.54) is 27.4 Å². The van der Waals surface area contributed by atoms with Gasteiger partial charge in [-0.1, -0.05) is 18.2 Å². The summed E-state index contributed by atoms with van der Waals surface area (Å²) in [6.07, 6.45) is -0.566. The van der Waals surface area contributed by atoms with Crippen LogP contribution >= 0.6 is 0 Å². The van der Waals surface area contributed by atoms with Crippen LogP contribution in [0.15, 0.2) is 48.5 Å². The van der Waals surface area contributed by atoms with E-state index in [4.69, 9.17) is 29.8 Å². The maximum atomic E-state index is 13.2. The Bertz CT molecular complexity index is 1460. The van der Waals surface area contributed by atoms with Crippen molar-refractivity contribution in [2.45, 2.75) is 25.5 Å². The first-order valence-corrected chi connectivity index (χ1v) is 12.4. The molecule has 0 aliphatic carbocycles. The summed E-state index contributed by atoms with van der Waals surface area (Å²) in [7, 11) is 4.38. The number of carbonyl (C=O) groups is 3. The Morgan fingerprint density at radius 3 is 2.42 bits per heavy atom. The monoisotopic (exact) mass is 549 g/mol. The molecule has 1 aliphatic rings. The second-order valence-electron chi connectivity index (χ2n) is 9.14. The number of ether oxygens (including phenoxy) is 4. The first-order valence-electron chi connectivity index (χ1n) is 12.4. The topological polar surface area (TPSA) is 158 Å². The van der Waals surface area contributed by atoms with Gasteiger partial charge in [-0.25, -0.2) is 0 Å². The molecule has 2 atom stereocenters. The molecule has 1 heterocycles. The van der Waals surface area contributed by atoms with Gasteiger partial charge in [0.05, 0.1) is 34.4 Å². The van der Waals surface area contributed by atoms with E-state index in [1.54, 1.807) is 43.3 Å². The Morgan fingerprint density at radius 2 is 1.75 bits per heavy atom. The van der Waals surface area contributed by atoms with Crippen LogP contribution < -0.4 is 35.3 Å². The van der Waals surface area contributed by atoms with Crippen molar-refractivity contribution in [3.05, 3.63) is 70.8 Å². The third kappa shape index (κ3) is 5.70. The van der Waals surface area contributed by atoms with E-state index in [0.29, 0.717) is 45.3 Å². The first-order chi connectivity index (χ1) is 19.2. The minimum Gasteiger partial charge on any atom is -0.493 e. The second kappa shape index (κ2) is 12.1. The number of Topliss-reactive ketones (excluding diaryl/α,β-unsaturated/α-hetero) is 1. The molecule has 0 saturated heterocycles. The van der Waals surface area contributed by atoms with Gasteiger partial charge in [-0.3, -0.25) is 14.4 Å². The molecule has 11 heteroatoms. The van der Waals surface area contributed by atoms with Crippen LogP contribution in [0.3, 0.4) is 0 Å². The van der Waals surface area contributed by atoms with Gasteiger partial charge in [0.15, 0.2) is 17.3 Å². The molecule has 3 aromatic carbocycles. The number of anilines is 2. The lowest BCUT2D eigenvalue weighted by molar-refractivity contribution is -0.118. The maximum absolute atomic E-state index is 13.2. The summed E-state index contributed by atoms with van der Waals surface area (Å²) in [4.78, 5) is 38.4. The number of aliphatic hydroxyl groups is 1. The number of rotatable bonds is 9. The van der Waals surface area contributed by atoms with E-state index >= 15 is 0 Å².